The van der Waals surface area contributed by atoms with Gasteiger partial charge in [0.15, 0.2) is 0 Å². The van der Waals surface area contributed by atoms with Crippen molar-refractivity contribution in [3.63, 3.8) is 0 Å². The molecule has 0 saturated heterocycles. The molecule has 3 N–H and O–H groups in total. The van der Waals surface area contributed by atoms with Crippen LogP contribution in [-0.2, 0) is 12.8 Å². The summed E-state index contributed by atoms with van der Waals surface area (Å²) >= 11 is 0. The predicted octanol–water partition coefficient (Wildman–Crippen LogP) is 2.50. The fraction of sp³-hybridized carbons (Fsp3) is 0.350. The van der Waals surface area contributed by atoms with Gasteiger partial charge in [-0.1, -0.05) is 36.4 Å². The van der Waals surface area contributed by atoms with E-state index in [1.165, 1.54) is 0 Å². The molecule has 0 aliphatic heterocycles. The van der Waals surface area contributed by atoms with Gasteiger partial charge in [-0.25, -0.2) is 4.79 Å². The van der Waals surface area contributed by atoms with Crippen LogP contribution in [0.2, 0.25) is 0 Å². The Hall–Kier alpha value is -2.53. The van der Waals surface area contributed by atoms with E-state index in [1.54, 1.807) is 7.11 Å². The third kappa shape index (κ3) is 3.94. The van der Waals surface area contributed by atoms with Crippen LogP contribution in [0.25, 0.3) is 0 Å². The molecule has 0 saturated carbocycles. The second-order valence-electron chi connectivity index (χ2n) is 6.40. The van der Waals surface area contributed by atoms with E-state index >= 15 is 0 Å². The monoisotopic (exact) mass is 340 g/mol. The van der Waals surface area contributed by atoms with Crippen molar-refractivity contribution in [1.29, 1.82) is 0 Å². The summed E-state index contributed by atoms with van der Waals surface area (Å²) in [5, 5.41) is 15.9. The number of fused-ring (bicyclic) bond motifs is 1. The first kappa shape index (κ1) is 17.3. The maximum absolute atomic E-state index is 12.2. The molecule has 132 valence electrons. The molecule has 0 aromatic heterocycles. The molecule has 5 nitrogen and oxygen atoms in total. The quantitative estimate of drug-likeness (QED) is 0.783. The van der Waals surface area contributed by atoms with E-state index in [2.05, 4.69) is 10.6 Å². The van der Waals surface area contributed by atoms with Crippen molar-refractivity contribution in [1.82, 2.24) is 10.6 Å². The van der Waals surface area contributed by atoms with Crippen LogP contribution in [0, 0.1) is 6.92 Å². The van der Waals surface area contributed by atoms with Crippen molar-refractivity contribution in [2.75, 3.05) is 13.7 Å². The van der Waals surface area contributed by atoms with Gasteiger partial charge in [-0.3, -0.25) is 0 Å². The van der Waals surface area contributed by atoms with Crippen LogP contribution in [-0.4, -0.2) is 30.9 Å². The summed E-state index contributed by atoms with van der Waals surface area (Å²) in [4.78, 5) is 12.2. The number of carbonyl (C=O) groups is 1. The second kappa shape index (κ2) is 7.57. The minimum atomic E-state index is -0.579. The number of benzene rings is 2. The maximum Gasteiger partial charge on any atom is 0.315 e. The van der Waals surface area contributed by atoms with Crippen molar-refractivity contribution in [3.8, 4) is 5.75 Å². The Bertz CT molecular complexity index is 760. The lowest BCUT2D eigenvalue weighted by atomic mass is 10.1. The molecule has 0 heterocycles. The number of aryl methyl sites for hydroxylation is 1. The molecule has 2 aromatic carbocycles. The molecule has 2 aromatic rings. The Morgan fingerprint density at radius 3 is 2.88 bits per heavy atom. The van der Waals surface area contributed by atoms with Crippen molar-refractivity contribution in [2.45, 2.75) is 31.9 Å². The van der Waals surface area contributed by atoms with Crippen LogP contribution < -0.4 is 15.4 Å². The number of carbonyl (C=O) groups excluding carboxylic acids is 1. The van der Waals surface area contributed by atoms with E-state index in [0.29, 0.717) is 19.4 Å². The van der Waals surface area contributed by atoms with Gasteiger partial charge < -0.3 is 20.5 Å². The number of hydrogen-bond acceptors (Lipinski definition) is 3. The highest BCUT2D eigenvalue weighted by Gasteiger charge is 2.31. The minimum Gasteiger partial charge on any atom is -0.496 e. The molecule has 1 aliphatic rings. The summed E-state index contributed by atoms with van der Waals surface area (Å²) in [5.41, 5.74) is 4.28. The van der Waals surface area contributed by atoms with Crippen molar-refractivity contribution in [2.24, 2.45) is 0 Å². The molecule has 25 heavy (non-hydrogen) atoms. The van der Waals surface area contributed by atoms with E-state index in [-0.39, 0.29) is 12.1 Å². The molecule has 2 amide bonds. The van der Waals surface area contributed by atoms with Crippen LogP contribution in [0.5, 0.6) is 5.75 Å². The minimum absolute atomic E-state index is 0.264. The van der Waals surface area contributed by atoms with Crippen LogP contribution in [0.4, 0.5) is 4.79 Å². The van der Waals surface area contributed by atoms with Crippen LogP contribution in [0.3, 0.4) is 0 Å². The molecule has 0 unspecified atom stereocenters. The number of rotatable bonds is 5. The number of amides is 2. The highest BCUT2D eigenvalue weighted by molar-refractivity contribution is 5.74. The molecule has 5 heteroatoms. The number of urea groups is 1. The smallest absolute Gasteiger partial charge is 0.315 e. The topological polar surface area (TPSA) is 70.6 Å². The lowest BCUT2D eigenvalue weighted by molar-refractivity contribution is 0.142. The highest BCUT2D eigenvalue weighted by atomic mass is 16.5. The summed E-state index contributed by atoms with van der Waals surface area (Å²) in [6, 6.07) is 13.2. The fourth-order valence-electron chi connectivity index (χ4n) is 3.28. The zero-order valence-corrected chi connectivity index (χ0v) is 14.6. The van der Waals surface area contributed by atoms with Crippen LogP contribution in [0.15, 0.2) is 42.5 Å². The summed E-state index contributed by atoms with van der Waals surface area (Å²) in [6.45, 7) is 2.52. The fourth-order valence-corrected chi connectivity index (χ4v) is 3.28. The van der Waals surface area contributed by atoms with Gasteiger partial charge in [-0.05, 0) is 41.7 Å². The molecular formula is C20H24N2O3. The van der Waals surface area contributed by atoms with E-state index in [1.807, 2.05) is 49.4 Å². The van der Waals surface area contributed by atoms with Gasteiger partial charge in [0, 0.05) is 13.0 Å². The highest BCUT2D eigenvalue weighted by Crippen LogP contribution is 2.31. The SMILES string of the molecule is COc1cc(CCNC(=O)N[C@H]2c3ccccc3C[C@H]2O)ccc1C. The number of aliphatic hydroxyl groups is 1. The summed E-state index contributed by atoms with van der Waals surface area (Å²) in [7, 11) is 1.66. The molecule has 0 bridgehead atoms. The largest absolute Gasteiger partial charge is 0.496 e. The molecule has 0 fully saturated rings. The summed E-state index contributed by atoms with van der Waals surface area (Å²) < 4.78 is 5.32. The Labute approximate surface area is 148 Å². The number of ether oxygens (including phenoxy) is 1. The van der Waals surface area contributed by atoms with E-state index < -0.39 is 6.10 Å². The van der Waals surface area contributed by atoms with Gasteiger partial charge >= 0.3 is 6.03 Å². The van der Waals surface area contributed by atoms with E-state index in [4.69, 9.17) is 4.74 Å². The van der Waals surface area contributed by atoms with Crippen molar-refractivity contribution in [3.05, 3.63) is 64.7 Å². The number of nitrogens with one attached hydrogen (secondary N) is 2. The number of hydrogen-bond donors (Lipinski definition) is 3. The van der Waals surface area contributed by atoms with Gasteiger partial charge in [0.2, 0.25) is 0 Å². The zero-order valence-electron chi connectivity index (χ0n) is 14.6. The number of methoxy groups -OCH3 is 1. The van der Waals surface area contributed by atoms with Crippen molar-refractivity contribution < 1.29 is 14.6 Å². The normalized spacial score (nSPS) is 18.5. The van der Waals surface area contributed by atoms with Gasteiger partial charge in [0.1, 0.15) is 5.75 Å². The first-order valence-electron chi connectivity index (χ1n) is 8.52. The van der Waals surface area contributed by atoms with E-state index in [9.17, 15) is 9.90 Å². The average Bonchev–Trinajstić information content (AvgIpc) is 2.92. The van der Waals surface area contributed by atoms with Crippen LogP contribution >= 0.6 is 0 Å². The van der Waals surface area contributed by atoms with Gasteiger partial charge in [-0.2, -0.15) is 0 Å². The maximum atomic E-state index is 12.2. The summed E-state index contributed by atoms with van der Waals surface area (Å²) in [5.74, 6) is 0.854. The van der Waals surface area contributed by atoms with E-state index in [0.717, 1.165) is 28.0 Å². The molecule has 0 spiro atoms. The molecule has 0 radical (unpaired) electrons. The summed E-state index contributed by atoms with van der Waals surface area (Å²) in [6.07, 6.45) is 0.711. The Balaban J connectivity index is 1.52. The third-order valence-corrected chi connectivity index (χ3v) is 4.66. The zero-order chi connectivity index (χ0) is 17.8. The Morgan fingerprint density at radius 1 is 1.28 bits per heavy atom. The van der Waals surface area contributed by atoms with Gasteiger partial charge in [0.05, 0.1) is 19.3 Å². The second-order valence-corrected chi connectivity index (χ2v) is 6.40. The Morgan fingerprint density at radius 2 is 2.08 bits per heavy atom. The predicted molar refractivity (Wildman–Crippen MR) is 96.9 cm³/mol. The van der Waals surface area contributed by atoms with Gasteiger partial charge in [0.25, 0.3) is 0 Å². The number of aliphatic hydroxyl groups excluding tert-OH is 1. The molecule has 1 aliphatic carbocycles. The first-order chi connectivity index (χ1) is 12.1. The molecule has 2 atom stereocenters. The van der Waals surface area contributed by atoms with Crippen molar-refractivity contribution >= 4 is 6.03 Å². The lowest BCUT2D eigenvalue weighted by Gasteiger charge is -2.18. The van der Waals surface area contributed by atoms with Crippen LogP contribution in [0.1, 0.15) is 28.3 Å². The Kier molecular flexibility index (Phi) is 5.24. The third-order valence-electron chi connectivity index (χ3n) is 4.66. The van der Waals surface area contributed by atoms with Gasteiger partial charge in [-0.15, -0.1) is 0 Å². The lowest BCUT2D eigenvalue weighted by Crippen LogP contribution is -2.41. The molecule has 3 rings (SSSR count). The average molecular weight is 340 g/mol. The standard InChI is InChI=1S/C20H24N2O3/c1-13-7-8-14(11-18(13)25-2)9-10-21-20(24)22-19-16-6-4-3-5-15(16)12-17(19)23/h3-8,11,17,19,23H,9-10,12H2,1-2H3,(H2,21,22,24)/t17-,19+/m1/s1. The molecular weight excluding hydrogens is 316 g/mol. The first-order valence-corrected chi connectivity index (χ1v) is 8.52.